The third-order valence-corrected chi connectivity index (χ3v) is 4.09. The average Bonchev–Trinajstić information content (AvgIpc) is 3.09. The van der Waals surface area contributed by atoms with Crippen LogP contribution in [-0.4, -0.2) is 3.21 Å². The molecule has 0 aliphatic heterocycles. The summed E-state index contributed by atoms with van der Waals surface area (Å²) in [7, 11) is 0. The van der Waals surface area contributed by atoms with E-state index in [1.807, 2.05) is 0 Å². The molecule has 3 heteroatoms. The number of allylic oxidation sites excluding steroid dienone is 4. The standard InChI is InChI=1S/C19H15.C3H6.2ClH.Zr/c1-13-6-7-14(10-13)15-8-9-19-17(11-15)12-16-4-2-3-5-18(16)19;1-3-2;;;/h2-10,14H,12H2,1H3;1-2H3;2*1H;/q-1;;;;+2/p-2. The zero-order chi connectivity index (χ0) is 16.4. The van der Waals surface area contributed by atoms with Gasteiger partial charge in [-0.1, -0.05) is 59.2 Å². The SMILES string of the molecule is CC1=CC(c2[c-]c3c(cc2)-c2ccccc2C3)C=C1.C[C](C)=[Zr+2].[Cl-].[Cl-]. The second kappa shape index (κ2) is 9.81. The Kier molecular flexibility index (Phi) is 8.75. The number of benzene rings is 2. The minimum atomic E-state index is 0. The van der Waals surface area contributed by atoms with Gasteiger partial charge in [0.2, 0.25) is 0 Å². The van der Waals surface area contributed by atoms with Crippen LogP contribution in [0.25, 0.3) is 11.1 Å². The summed E-state index contributed by atoms with van der Waals surface area (Å²) in [6, 6.07) is 16.8. The molecule has 0 spiro atoms. The summed E-state index contributed by atoms with van der Waals surface area (Å²) in [6.07, 6.45) is 7.79. The van der Waals surface area contributed by atoms with E-state index in [9.17, 15) is 0 Å². The summed E-state index contributed by atoms with van der Waals surface area (Å²) in [5.74, 6) is 0.411. The van der Waals surface area contributed by atoms with Gasteiger partial charge in [-0.2, -0.15) is 23.8 Å². The molecule has 0 fully saturated rings. The van der Waals surface area contributed by atoms with Gasteiger partial charge in [0.15, 0.2) is 0 Å². The van der Waals surface area contributed by atoms with Gasteiger partial charge in [0.25, 0.3) is 0 Å². The summed E-state index contributed by atoms with van der Waals surface area (Å²) in [5, 5.41) is 0. The second-order valence-electron chi connectivity index (χ2n) is 6.44. The van der Waals surface area contributed by atoms with E-state index in [0.717, 1.165) is 6.42 Å². The Morgan fingerprint density at radius 2 is 1.72 bits per heavy atom. The molecule has 25 heavy (non-hydrogen) atoms. The van der Waals surface area contributed by atoms with Crippen LogP contribution in [0.2, 0.25) is 0 Å². The van der Waals surface area contributed by atoms with Crippen molar-refractivity contribution in [1.29, 1.82) is 0 Å². The van der Waals surface area contributed by atoms with E-state index in [1.165, 1.54) is 36.6 Å². The quantitative estimate of drug-likeness (QED) is 0.438. The zero-order valence-corrected chi connectivity index (χ0v) is 18.7. The Morgan fingerprint density at radius 1 is 1.04 bits per heavy atom. The van der Waals surface area contributed by atoms with E-state index in [-0.39, 0.29) is 24.8 Å². The number of hydrogen-bond donors (Lipinski definition) is 0. The van der Waals surface area contributed by atoms with Crippen LogP contribution in [-0.2, 0) is 30.7 Å². The third-order valence-electron chi connectivity index (χ3n) is 4.09. The number of halogens is 2. The Balaban J connectivity index is 0.000000476. The Labute approximate surface area is 178 Å². The Morgan fingerprint density at radius 3 is 2.36 bits per heavy atom. The van der Waals surface area contributed by atoms with Crippen LogP contribution < -0.4 is 24.8 Å². The van der Waals surface area contributed by atoms with Gasteiger partial charge >= 0.3 is 41.3 Å². The van der Waals surface area contributed by atoms with Crippen molar-refractivity contribution in [3.05, 3.63) is 83.0 Å². The molecule has 0 nitrogen and oxygen atoms in total. The van der Waals surface area contributed by atoms with Gasteiger partial charge in [-0.3, -0.25) is 0 Å². The largest absolute Gasteiger partial charge is 1.00 e. The molecule has 0 heterocycles. The molecule has 4 rings (SSSR count). The van der Waals surface area contributed by atoms with E-state index < -0.39 is 0 Å². The molecule has 0 amide bonds. The molecule has 0 saturated heterocycles. The van der Waals surface area contributed by atoms with Crippen LogP contribution in [0.15, 0.2) is 60.2 Å². The fourth-order valence-electron chi connectivity index (χ4n) is 3.11. The first kappa shape index (κ1) is 22.3. The molecule has 2 aliphatic rings. The first-order valence-electron chi connectivity index (χ1n) is 8.06. The van der Waals surface area contributed by atoms with Gasteiger partial charge in [0, 0.05) is 0 Å². The predicted octanol–water partition coefficient (Wildman–Crippen LogP) is -0.589. The summed E-state index contributed by atoms with van der Waals surface area (Å²) < 4.78 is 1.51. The van der Waals surface area contributed by atoms with Crippen LogP contribution in [0.5, 0.6) is 0 Å². The predicted molar refractivity (Wildman–Crippen MR) is 95.5 cm³/mol. The summed E-state index contributed by atoms with van der Waals surface area (Å²) in [4.78, 5) is 0. The Bertz CT molecular complexity index is 815. The van der Waals surface area contributed by atoms with E-state index in [1.54, 1.807) is 24.2 Å². The maximum Gasteiger partial charge on any atom is -1.00 e. The van der Waals surface area contributed by atoms with Crippen molar-refractivity contribution in [3.63, 3.8) is 0 Å². The van der Waals surface area contributed by atoms with E-state index in [4.69, 9.17) is 0 Å². The van der Waals surface area contributed by atoms with E-state index in [0.29, 0.717) is 5.92 Å². The van der Waals surface area contributed by atoms with E-state index >= 15 is 0 Å². The first-order chi connectivity index (χ1) is 11.0. The average molecular weight is 448 g/mol. The smallest absolute Gasteiger partial charge is 1.00 e. The number of rotatable bonds is 1. The van der Waals surface area contributed by atoms with Gasteiger partial charge in [-0.15, -0.1) is 11.1 Å². The monoisotopic (exact) mass is 445 g/mol. The number of fused-ring (bicyclic) bond motifs is 3. The molecule has 2 aliphatic carbocycles. The summed E-state index contributed by atoms with van der Waals surface area (Å²) in [6.45, 7) is 6.40. The zero-order valence-electron chi connectivity index (χ0n) is 14.7. The van der Waals surface area contributed by atoms with Crippen molar-refractivity contribution < 1.29 is 49.0 Å². The second-order valence-corrected chi connectivity index (χ2v) is 8.89. The van der Waals surface area contributed by atoms with E-state index in [2.05, 4.69) is 81.5 Å². The summed E-state index contributed by atoms with van der Waals surface area (Å²) in [5.41, 5.74) is 8.17. The molecular formula is C22H21Cl2Zr-. The fourth-order valence-corrected chi connectivity index (χ4v) is 3.11. The molecule has 0 radical (unpaired) electrons. The molecule has 128 valence electrons. The Hall–Kier alpha value is -0.747. The van der Waals surface area contributed by atoms with Crippen molar-refractivity contribution in [2.24, 2.45) is 0 Å². The molecule has 0 bridgehead atoms. The van der Waals surface area contributed by atoms with Crippen molar-refractivity contribution >= 4 is 3.21 Å². The van der Waals surface area contributed by atoms with Crippen LogP contribution in [0, 0.1) is 6.07 Å². The molecule has 2 aromatic carbocycles. The number of hydrogen-bond acceptors (Lipinski definition) is 0. The van der Waals surface area contributed by atoms with Gasteiger partial charge in [-0.25, -0.2) is 0 Å². The minimum absolute atomic E-state index is 0. The van der Waals surface area contributed by atoms with Crippen LogP contribution in [0.1, 0.15) is 43.4 Å². The molecule has 1 atom stereocenters. The van der Waals surface area contributed by atoms with Crippen LogP contribution in [0.4, 0.5) is 0 Å². The van der Waals surface area contributed by atoms with Crippen LogP contribution in [0.3, 0.4) is 0 Å². The van der Waals surface area contributed by atoms with Gasteiger partial charge in [0.1, 0.15) is 0 Å². The topological polar surface area (TPSA) is 0 Å². The normalized spacial score (nSPS) is 15.7. The van der Waals surface area contributed by atoms with Crippen molar-refractivity contribution in [1.82, 2.24) is 0 Å². The molecule has 0 aromatic heterocycles. The molecule has 0 saturated carbocycles. The fraction of sp³-hybridized carbons (Fsp3) is 0.227. The molecular weight excluding hydrogens is 426 g/mol. The molecule has 2 aromatic rings. The third kappa shape index (κ3) is 5.36. The molecule has 1 unspecified atom stereocenters. The van der Waals surface area contributed by atoms with Crippen molar-refractivity contribution in [3.8, 4) is 11.1 Å². The van der Waals surface area contributed by atoms with Crippen molar-refractivity contribution in [2.45, 2.75) is 33.1 Å². The maximum absolute atomic E-state index is 3.64. The summed E-state index contributed by atoms with van der Waals surface area (Å²) >= 11 is 1.55. The van der Waals surface area contributed by atoms with Gasteiger partial charge < -0.3 is 24.8 Å². The van der Waals surface area contributed by atoms with Gasteiger partial charge in [-0.05, 0) is 19.3 Å². The molecule has 0 N–H and O–H groups in total. The van der Waals surface area contributed by atoms with Gasteiger partial charge in [0.05, 0.1) is 0 Å². The van der Waals surface area contributed by atoms with Crippen molar-refractivity contribution in [2.75, 3.05) is 0 Å². The first-order valence-corrected chi connectivity index (χ1v) is 9.29. The minimum Gasteiger partial charge on any atom is -1.00 e. The maximum atomic E-state index is 3.64. The van der Waals surface area contributed by atoms with Crippen LogP contribution >= 0.6 is 0 Å².